The lowest BCUT2D eigenvalue weighted by Gasteiger charge is -2.32. The lowest BCUT2D eigenvalue weighted by molar-refractivity contribution is -0.129. The molecule has 2 saturated heterocycles. The van der Waals surface area contributed by atoms with Gasteiger partial charge in [0, 0.05) is 45.7 Å². The fraction of sp³-hybridized carbons (Fsp3) is 0.565. The number of hydrogen-bond donors (Lipinski definition) is 1. The van der Waals surface area contributed by atoms with Gasteiger partial charge in [-0.25, -0.2) is 0 Å². The van der Waals surface area contributed by atoms with E-state index in [1.165, 1.54) is 11.1 Å². The zero-order chi connectivity index (χ0) is 19.8. The predicted octanol–water partition coefficient (Wildman–Crippen LogP) is 4.15. The third kappa shape index (κ3) is 6.73. The van der Waals surface area contributed by atoms with Gasteiger partial charge in [-0.3, -0.25) is 9.79 Å². The second-order valence-corrected chi connectivity index (χ2v) is 7.72. The Morgan fingerprint density at radius 3 is 2.48 bits per heavy atom. The van der Waals surface area contributed by atoms with Crippen LogP contribution >= 0.6 is 24.0 Å². The molecule has 1 N–H and O–H groups in total. The minimum atomic E-state index is 0. The Morgan fingerprint density at radius 1 is 1.17 bits per heavy atom. The number of carbonyl (C=O) groups excluding carboxylic acids is 1. The van der Waals surface area contributed by atoms with E-state index in [2.05, 4.69) is 63.4 Å². The van der Waals surface area contributed by atoms with Crippen molar-refractivity contribution >= 4 is 41.9 Å². The van der Waals surface area contributed by atoms with Crippen molar-refractivity contribution in [2.45, 2.75) is 51.5 Å². The highest BCUT2D eigenvalue weighted by Crippen LogP contribution is 2.20. The maximum atomic E-state index is 12.0. The van der Waals surface area contributed by atoms with Crippen LogP contribution in [-0.4, -0.2) is 60.9 Å². The number of halogens is 1. The smallest absolute Gasteiger partial charge is 0.222 e. The summed E-state index contributed by atoms with van der Waals surface area (Å²) >= 11 is 0. The molecule has 1 aromatic rings. The molecule has 1 amide bonds. The van der Waals surface area contributed by atoms with Crippen molar-refractivity contribution in [3.8, 4) is 0 Å². The molecule has 0 aromatic heterocycles. The highest BCUT2D eigenvalue weighted by atomic mass is 127. The molecule has 0 spiro atoms. The van der Waals surface area contributed by atoms with Crippen molar-refractivity contribution in [2.75, 3.05) is 33.2 Å². The van der Waals surface area contributed by atoms with Gasteiger partial charge in [0.15, 0.2) is 5.96 Å². The Labute approximate surface area is 192 Å². The molecule has 6 heteroatoms. The zero-order valence-corrected chi connectivity index (χ0v) is 20.1. The number of aliphatic imine (C=N–C) groups is 1. The largest absolute Gasteiger partial charge is 0.356 e. The first-order valence-corrected chi connectivity index (χ1v) is 10.7. The van der Waals surface area contributed by atoms with E-state index in [1.54, 1.807) is 0 Å². The molecule has 1 unspecified atom stereocenters. The summed E-state index contributed by atoms with van der Waals surface area (Å²) in [7, 11) is 1.86. The summed E-state index contributed by atoms with van der Waals surface area (Å²) in [6.45, 7) is 5.96. The molecule has 1 aromatic carbocycles. The van der Waals surface area contributed by atoms with Crippen LogP contribution in [0, 0.1) is 0 Å². The van der Waals surface area contributed by atoms with Gasteiger partial charge in [-0.15, -0.1) is 24.0 Å². The van der Waals surface area contributed by atoms with Crippen molar-refractivity contribution in [3.05, 3.63) is 41.5 Å². The molecule has 3 rings (SSSR count). The fourth-order valence-corrected chi connectivity index (χ4v) is 4.25. The number of piperidine rings is 1. The molecule has 5 nitrogen and oxygen atoms in total. The molecule has 0 radical (unpaired) electrons. The number of rotatable bonds is 6. The van der Waals surface area contributed by atoms with E-state index < -0.39 is 0 Å². The lowest BCUT2D eigenvalue weighted by atomic mass is 10.0. The molecule has 0 aliphatic carbocycles. The van der Waals surface area contributed by atoms with Gasteiger partial charge in [-0.05, 0) is 37.7 Å². The van der Waals surface area contributed by atoms with Crippen LogP contribution in [-0.2, 0) is 4.79 Å². The van der Waals surface area contributed by atoms with Gasteiger partial charge >= 0.3 is 0 Å². The summed E-state index contributed by atoms with van der Waals surface area (Å²) < 4.78 is 0. The van der Waals surface area contributed by atoms with Crippen LogP contribution in [0.3, 0.4) is 0 Å². The second-order valence-electron chi connectivity index (χ2n) is 7.72. The highest BCUT2D eigenvalue weighted by molar-refractivity contribution is 14.0. The first-order chi connectivity index (χ1) is 13.7. The zero-order valence-electron chi connectivity index (χ0n) is 17.8. The second kappa shape index (κ2) is 12.2. The van der Waals surface area contributed by atoms with Gasteiger partial charge in [-0.1, -0.05) is 48.9 Å². The van der Waals surface area contributed by atoms with Crippen LogP contribution in [0.4, 0.5) is 0 Å². The average Bonchev–Trinajstić information content (AvgIpc) is 3.16. The van der Waals surface area contributed by atoms with E-state index in [4.69, 9.17) is 0 Å². The van der Waals surface area contributed by atoms with Gasteiger partial charge in [0.25, 0.3) is 0 Å². The Hall–Kier alpha value is -1.57. The van der Waals surface area contributed by atoms with Crippen molar-refractivity contribution in [3.63, 3.8) is 0 Å². The van der Waals surface area contributed by atoms with Crippen LogP contribution in [0.5, 0.6) is 0 Å². The van der Waals surface area contributed by atoms with E-state index in [-0.39, 0.29) is 24.0 Å². The van der Waals surface area contributed by atoms with E-state index >= 15 is 0 Å². The Morgan fingerprint density at radius 2 is 1.90 bits per heavy atom. The van der Waals surface area contributed by atoms with Crippen LogP contribution in [0.2, 0.25) is 0 Å². The molecule has 2 heterocycles. The van der Waals surface area contributed by atoms with Gasteiger partial charge in [0.1, 0.15) is 0 Å². The number of amides is 1. The van der Waals surface area contributed by atoms with E-state index in [1.807, 2.05) is 7.05 Å². The number of hydrogen-bond acceptors (Lipinski definition) is 2. The summed E-state index contributed by atoms with van der Waals surface area (Å²) in [5.74, 6) is 1.31. The summed E-state index contributed by atoms with van der Waals surface area (Å²) in [4.78, 5) is 20.9. The standard InChI is InChI=1S/C23H34N4O.HI/c1-3-21(27-15-7-10-22(27)28)11-14-25-23(24-2)26-16-12-20(13-17-26)18-19-8-5-4-6-9-19;/h4-6,8-9,18,21H,3,7,10-17H2,1-2H3,(H,24,25);1H. The summed E-state index contributed by atoms with van der Waals surface area (Å²) in [5, 5.41) is 3.53. The highest BCUT2D eigenvalue weighted by Gasteiger charge is 2.26. The molecule has 2 fully saturated rings. The summed E-state index contributed by atoms with van der Waals surface area (Å²) in [6.07, 6.45) is 8.21. The van der Waals surface area contributed by atoms with E-state index in [0.717, 1.165) is 70.7 Å². The quantitative estimate of drug-likeness (QED) is 0.356. The number of nitrogens with zero attached hydrogens (tertiary/aromatic N) is 3. The summed E-state index contributed by atoms with van der Waals surface area (Å²) in [5.41, 5.74) is 2.80. The van der Waals surface area contributed by atoms with Crippen LogP contribution < -0.4 is 5.32 Å². The SMILES string of the molecule is CCC(CCNC(=NC)N1CCC(=Cc2ccccc2)CC1)N1CCCC1=O.I. The number of likely N-dealkylation sites (tertiary alicyclic amines) is 2. The number of guanidine groups is 1. The Kier molecular flexibility index (Phi) is 9.97. The lowest BCUT2D eigenvalue weighted by Crippen LogP contribution is -2.46. The third-order valence-electron chi connectivity index (χ3n) is 5.87. The molecule has 1 atom stereocenters. The Bertz CT molecular complexity index is 694. The molecule has 29 heavy (non-hydrogen) atoms. The summed E-state index contributed by atoms with van der Waals surface area (Å²) in [6, 6.07) is 10.9. The van der Waals surface area contributed by atoms with Gasteiger partial charge in [-0.2, -0.15) is 0 Å². The van der Waals surface area contributed by atoms with E-state index in [0.29, 0.717) is 11.9 Å². The number of carbonyl (C=O) groups is 1. The first-order valence-electron chi connectivity index (χ1n) is 10.7. The van der Waals surface area contributed by atoms with Crippen LogP contribution in [0.15, 0.2) is 40.9 Å². The van der Waals surface area contributed by atoms with Crippen LogP contribution in [0.25, 0.3) is 6.08 Å². The van der Waals surface area contributed by atoms with Gasteiger partial charge in [0.2, 0.25) is 5.91 Å². The minimum absolute atomic E-state index is 0. The van der Waals surface area contributed by atoms with Crippen LogP contribution in [0.1, 0.15) is 51.0 Å². The van der Waals surface area contributed by atoms with E-state index in [9.17, 15) is 4.79 Å². The fourth-order valence-electron chi connectivity index (χ4n) is 4.25. The average molecular weight is 510 g/mol. The molecule has 0 saturated carbocycles. The molecule has 2 aliphatic rings. The first kappa shape index (κ1) is 23.7. The number of nitrogens with one attached hydrogen (secondary N) is 1. The molecule has 0 bridgehead atoms. The minimum Gasteiger partial charge on any atom is -0.356 e. The van der Waals surface area contributed by atoms with Crippen molar-refractivity contribution in [1.29, 1.82) is 0 Å². The predicted molar refractivity (Wildman–Crippen MR) is 132 cm³/mol. The Balaban J connectivity index is 0.00000300. The third-order valence-corrected chi connectivity index (χ3v) is 5.87. The van der Waals surface area contributed by atoms with Gasteiger partial charge < -0.3 is 15.1 Å². The molecular weight excluding hydrogens is 475 g/mol. The monoisotopic (exact) mass is 510 g/mol. The van der Waals surface area contributed by atoms with Gasteiger partial charge in [0.05, 0.1) is 0 Å². The maximum Gasteiger partial charge on any atom is 0.222 e. The topological polar surface area (TPSA) is 47.9 Å². The van der Waals surface area contributed by atoms with Crippen molar-refractivity contribution < 1.29 is 4.79 Å². The number of benzene rings is 1. The maximum absolute atomic E-state index is 12.0. The molecular formula is C23H35IN4O. The van der Waals surface area contributed by atoms with Crippen molar-refractivity contribution in [2.24, 2.45) is 4.99 Å². The molecule has 2 aliphatic heterocycles. The molecule has 160 valence electrons. The normalized spacial score (nSPS) is 18.5. The van der Waals surface area contributed by atoms with Crippen molar-refractivity contribution in [1.82, 2.24) is 15.1 Å².